The molecular formula is C13H15N3O4S. The number of fused-ring (bicyclic) bond motifs is 1. The summed E-state index contributed by atoms with van der Waals surface area (Å²) >= 11 is 1.29. The second-order valence-corrected chi connectivity index (χ2v) is 5.82. The Labute approximate surface area is 123 Å². The van der Waals surface area contributed by atoms with E-state index in [0.717, 1.165) is 4.57 Å². The number of hydrogen-bond donors (Lipinski definition) is 2. The lowest BCUT2D eigenvalue weighted by molar-refractivity contribution is -0.124. The molecule has 1 aliphatic rings. The molecule has 2 aromatic rings. The van der Waals surface area contributed by atoms with Crippen LogP contribution in [-0.4, -0.2) is 35.2 Å². The first-order valence-corrected chi connectivity index (χ1v) is 7.60. The zero-order valence-electron chi connectivity index (χ0n) is 11.3. The van der Waals surface area contributed by atoms with Crippen LogP contribution < -0.4 is 16.6 Å². The number of thiophene rings is 1. The Bertz CT molecular complexity index is 770. The summed E-state index contributed by atoms with van der Waals surface area (Å²) in [6.45, 7) is 1.44. The Morgan fingerprint density at radius 1 is 1.52 bits per heavy atom. The van der Waals surface area contributed by atoms with Crippen molar-refractivity contribution >= 4 is 27.5 Å². The van der Waals surface area contributed by atoms with Gasteiger partial charge in [-0.15, -0.1) is 11.3 Å². The third-order valence-electron chi connectivity index (χ3n) is 3.53. The number of aromatic nitrogens is 2. The Hall–Kier alpha value is -1.93. The van der Waals surface area contributed by atoms with Gasteiger partial charge in [-0.1, -0.05) is 0 Å². The number of aromatic amines is 1. The molecule has 0 aromatic carbocycles. The fraction of sp³-hybridized carbons (Fsp3) is 0.462. The number of amides is 1. The van der Waals surface area contributed by atoms with Gasteiger partial charge in [-0.25, -0.2) is 4.79 Å². The van der Waals surface area contributed by atoms with E-state index in [0.29, 0.717) is 29.9 Å². The minimum Gasteiger partial charge on any atom is -0.381 e. The molecule has 2 aromatic heterocycles. The maximum atomic E-state index is 12.2. The number of carbonyl (C=O) groups excluding carboxylic acids is 1. The maximum absolute atomic E-state index is 12.2. The van der Waals surface area contributed by atoms with Crippen LogP contribution in [0.4, 0.5) is 0 Å². The van der Waals surface area contributed by atoms with Gasteiger partial charge < -0.3 is 15.0 Å². The Morgan fingerprint density at radius 2 is 2.38 bits per heavy atom. The summed E-state index contributed by atoms with van der Waals surface area (Å²) < 4.78 is 6.78. The van der Waals surface area contributed by atoms with Crippen molar-refractivity contribution in [1.29, 1.82) is 0 Å². The van der Waals surface area contributed by atoms with Crippen molar-refractivity contribution in [3.63, 3.8) is 0 Å². The van der Waals surface area contributed by atoms with E-state index in [2.05, 4.69) is 10.3 Å². The maximum Gasteiger partial charge on any atom is 0.328 e. The van der Waals surface area contributed by atoms with E-state index in [-0.39, 0.29) is 30.5 Å². The van der Waals surface area contributed by atoms with Crippen LogP contribution in [0.3, 0.4) is 0 Å². The molecule has 0 spiro atoms. The number of rotatable bonds is 4. The molecule has 0 aliphatic carbocycles. The van der Waals surface area contributed by atoms with E-state index < -0.39 is 5.69 Å². The predicted molar refractivity (Wildman–Crippen MR) is 78.6 cm³/mol. The average Bonchev–Trinajstić information content (AvgIpc) is 3.12. The quantitative estimate of drug-likeness (QED) is 0.825. The molecule has 0 unspecified atom stereocenters. The zero-order valence-corrected chi connectivity index (χ0v) is 12.1. The largest absolute Gasteiger partial charge is 0.381 e. The Morgan fingerprint density at radius 3 is 3.14 bits per heavy atom. The Balaban J connectivity index is 1.69. The number of carbonyl (C=O) groups is 1. The van der Waals surface area contributed by atoms with Crippen LogP contribution in [0.15, 0.2) is 21.0 Å². The summed E-state index contributed by atoms with van der Waals surface area (Å²) in [5, 5.41) is 4.50. The van der Waals surface area contributed by atoms with Crippen LogP contribution in [-0.2, 0) is 16.1 Å². The zero-order chi connectivity index (χ0) is 14.8. The lowest BCUT2D eigenvalue weighted by atomic mass is 10.1. The summed E-state index contributed by atoms with van der Waals surface area (Å²) in [6, 6.07) is 1.70. The van der Waals surface area contributed by atoms with Crippen molar-refractivity contribution in [2.75, 3.05) is 19.8 Å². The summed E-state index contributed by atoms with van der Waals surface area (Å²) in [4.78, 5) is 38.5. The van der Waals surface area contributed by atoms with E-state index in [1.54, 1.807) is 11.4 Å². The van der Waals surface area contributed by atoms with Crippen LogP contribution in [0.1, 0.15) is 6.42 Å². The van der Waals surface area contributed by atoms with Crippen LogP contribution >= 0.6 is 11.3 Å². The van der Waals surface area contributed by atoms with Crippen LogP contribution in [0.2, 0.25) is 0 Å². The molecule has 0 bridgehead atoms. The molecule has 3 heterocycles. The summed E-state index contributed by atoms with van der Waals surface area (Å²) in [6.07, 6.45) is 0.716. The smallest absolute Gasteiger partial charge is 0.328 e. The molecule has 0 saturated carbocycles. The monoisotopic (exact) mass is 309 g/mol. The van der Waals surface area contributed by atoms with Gasteiger partial charge in [0.2, 0.25) is 5.91 Å². The molecular weight excluding hydrogens is 294 g/mol. The van der Waals surface area contributed by atoms with E-state index >= 15 is 0 Å². The first kappa shape index (κ1) is 14.0. The van der Waals surface area contributed by atoms with Gasteiger partial charge >= 0.3 is 5.69 Å². The van der Waals surface area contributed by atoms with Crippen LogP contribution in [0, 0.1) is 5.92 Å². The van der Waals surface area contributed by atoms with Crippen LogP contribution in [0.5, 0.6) is 0 Å². The highest BCUT2D eigenvalue weighted by Gasteiger charge is 2.23. The summed E-state index contributed by atoms with van der Waals surface area (Å²) in [5.74, 6) is -0.214. The number of nitrogens with one attached hydrogen (secondary N) is 2. The molecule has 2 N–H and O–H groups in total. The highest BCUT2D eigenvalue weighted by molar-refractivity contribution is 7.17. The summed E-state index contributed by atoms with van der Waals surface area (Å²) in [7, 11) is 0. The first-order chi connectivity index (χ1) is 10.2. The number of nitrogens with zero attached hydrogens (tertiary/aromatic N) is 1. The fourth-order valence-electron chi connectivity index (χ4n) is 2.35. The number of ether oxygens (including phenoxy) is 1. The second-order valence-electron chi connectivity index (χ2n) is 4.90. The third-order valence-corrected chi connectivity index (χ3v) is 4.43. The summed E-state index contributed by atoms with van der Waals surface area (Å²) in [5.41, 5.74) is -0.218. The second kappa shape index (κ2) is 5.82. The van der Waals surface area contributed by atoms with Crippen molar-refractivity contribution in [2.24, 2.45) is 5.92 Å². The van der Waals surface area contributed by atoms with Gasteiger partial charge in [0.15, 0.2) is 0 Å². The van der Waals surface area contributed by atoms with Crippen molar-refractivity contribution in [3.05, 3.63) is 32.3 Å². The normalized spacial score (nSPS) is 18.2. The minimum atomic E-state index is -0.454. The highest BCUT2D eigenvalue weighted by Crippen LogP contribution is 2.12. The van der Waals surface area contributed by atoms with E-state index in [1.807, 2.05) is 0 Å². The van der Waals surface area contributed by atoms with Gasteiger partial charge in [0.05, 0.1) is 18.0 Å². The topological polar surface area (TPSA) is 93.2 Å². The van der Waals surface area contributed by atoms with E-state index in [1.165, 1.54) is 11.3 Å². The van der Waals surface area contributed by atoms with Gasteiger partial charge in [0, 0.05) is 19.7 Å². The molecule has 8 heteroatoms. The molecule has 21 heavy (non-hydrogen) atoms. The average molecular weight is 309 g/mol. The molecule has 1 aliphatic heterocycles. The fourth-order valence-corrected chi connectivity index (χ4v) is 3.15. The van der Waals surface area contributed by atoms with Crippen molar-refractivity contribution < 1.29 is 9.53 Å². The van der Waals surface area contributed by atoms with Crippen molar-refractivity contribution in [3.8, 4) is 0 Å². The predicted octanol–water partition coefficient (Wildman–Crippen LogP) is -0.0960. The molecule has 112 valence electrons. The molecule has 3 rings (SSSR count). The standard InChI is InChI=1S/C13H15N3O4S/c17-11(8-1-5-20-7-8)14-3-4-16-12(18)10-9(2-6-21-10)15-13(16)19/h2,6,8H,1,3-5,7H2,(H,14,17)(H,15,19)/t8-/m1/s1. The van der Waals surface area contributed by atoms with Crippen molar-refractivity contribution in [2.45, 2.75) is 13.0 Å². The third kappa shape index (κ3) is 2.77. The SMILES string of the molecule is O=C(NCCn1c(=O)[nH]c2ccsc2c1=O)[C@@H]1CCOC1. The number of hydrogen-bond acceptors (Lipinski definition) is 5. The number of H-pyrrole nitrogens is 1. The van der Waals surface area contributed by atoms with Gasteiger partial charge in [-0.2, -0.15) is 0 Å². The van der Waals surface area contributed by atoms with Gasteiger partial charge in [0.25, 0.3) is 5.56 Å². The molecule has 1 amide bonds. The first-order valence-electron chi connectivity index (χ1n) is 6.72. The van der Waals surface area contributed by atoms with Crippen LogP contribution in [0.25, 0.3) is 10.2 Å². The van der Waals surface area contributed by atoms with Gasteiger partial charge in [0.1, 0.15) is 4.70 Å². The molecule has 1 atom stereocenters. The van der Waals surface area contributed by atoms with E-state index in [4.69, 9.17) is 4.74 Å². The lowest BCUT2D eigenvalue weighted by Gasteiger charge is -2.10. The molecule has 1 saturated heterocycles. The molecule has 0 radical (unpaired) electrons. The Kier molecular flexibility index (Phi) is 3.89. The van der Waals surface area contributed by atoms with Gasteiger partial charge in [-0.05, 0) is 17.9 Å². The van der Waals surface area contributed by atoms with Crippen molar-refractivity contribution in [1.82, 2.24) is 14.9 Å². The highest BCUT2D eigenvalue weighted by atomic mass is 32.1. The minimum absolute atomic E-state index is 0.0887. The van der Waals surface area contributed by atoms with E-state index in [9.17, 15) is 14.4 Å². The lowest BCUT2D eigenvalue weighted by Crippen LogP contribution is -2.40. The molecule has 7 nitrogen and oxygen atoms in total. The molecule has 1 fully saturated rings. The van der Waals surface area contributed by atoms with Gasteiger partial charge in [-0.3, -0.25) is 14.2 Å².